The summed E-state index contributed by atoms with van der Waals surface area (Å²) in [6.07, 6.45) is 5.39. The highest BCUT2D eigenvalue weighted by Crippen LogP contribution is 2.31. The molecule has 0 unspecified atom stereocenters. The van der Waals surface area contributed by atoms with Gasteiger partial charge in [-0.15, -0.1) is 0 Å². The zero-order valence-corrected chi connectivity index (χ0v) is 27.0. The largest absolute Gasteiger partial charge is 0.514 e. The van der Waals surface area contributed by atoms with Gasteiger partial charge in [0, 0.05) is 37.8 Å². The predicted molar refractivity (Wildman–Crippen MR) is 178 cm³/mol. The average molecular weight is 599 g/mol. The van der Waals surface area contributed by atoms with Crippen LogP contribution in [-0.4, -0.2) is 40.9 Å². The van der Waals surface area contributed by atoms with Gasteiger partial charge in [-0.1, -0.05) is 75.6 Å². The van der Waals surface area contributed by atoms with Crippen LogP contribution in [0.2, 0.25) is 0 Å². The van der Waals surface area contributed by atoms with Crippen molar-refractivity contribution in [3.05, 3.63) is 78.1 Å². The summed E-state index contributed by atoms with van der Waals surface area (Å²) in [6, 6.07) is 21.8. The SMILES string of the molecule is CCCCCN(C(=O)NC)c1ccc2nc(CCCC)n(Cc3ccc(-c4ccccc4OC(=O)OC(C)(C)C)cc3)c2c1. The number of amides is 2. The highest BCUT2D eigenvalue weighted by molar-refractivity contribution is 5.94. The molecule has 0 saturated heterocycles. The monoisotopic (exact) mass is 598 g/mol. The number of nitrogens with one attached hydrogen (secondary N) is 1. The van der Waals surface area contributed by atoms with Gasteiger partial charge in [-0.05, 0) is 69.0 Å². The number of carbonyl (C=O) groups is 2. The third-order valence-electron chi connectivity index (χ3n) is 7.40. The Morgan fingerprint density at radius 3 is 2.34 bits per heavy atom. The van der Waals surface area contributed by atoms with E-state index in [1.807, 2.05) is 68.1 Å². The first-order valence-corrected chi connectivity index (χ1v) is 15.7. The number of benzene rings is 3. The van der Waals surface area contributed by atoms with E-state index in [0.717, 1.165) is 77.8 Å². The van der Waals surface area contributed by atoms with Crippen LogP contribution in [0.4, 0.5) is 15.3 Å². The van der Waals surface area contributed by atoms with Gasteiger partial charge < -0.3 is 19.4 Å². The summed E-state index contributed by atoms with van der Waals surface area (Å²) in [5.74, 6) is 1.49. The second kappa shape index (κ2) is 14.9. The van der Waals surface area contributed by atoms with Crippen LogP contribution in [0, 0.1) is 0 Å². The molecule has 0 atom stereocenters. The first-order chi connectivity index (χ1) is 21.1. The number of unbranched alkanes of at least 4 members (excludes halogenated alkanes) is 3. The summed E-state index contributed by atoms with van der Waals surface area (Å²) >= 11 is 0. The molecule has 44 heavy (non-hydrogen) atoms. The number of fused-ring (bicyclic) bond motifs is 1. The number of urea groups is 1. The average Bonchev–Trinajstić information content (AvgIpc) is 3.33. The predicted octanol–water partition coefficient (Wildman–Crippen LogP) is 8.74. The number of hydrogen-bond donors (Lipinski definition) is 1. The minimum Gasteiger partial charge on any atom is -0.428 e. The Hall–Kier alpha value is -4.33. The van der Waals surface area contributed by atoms with Crippen molar-refractivity contribution in [2.45, 2.75) is 85.3 Å². The number of rotatable bonds is 12. The van der Waals surface area contributed by atoms with Crippen LogP contribution < -0.4 is 15.0 Å². The summed E-state index contributed by atoms with van der Waals surface area (Å²) in [4.78, 5) is 32.0. The minimum atomic E-state index is -0.729. The normalized spacial score (nSPS) is 11.4. The van der Waals surface area contributed by atoms with E-state index in [4.69, 9.17) is 14.5 Å². The number of nitrogens with zero attached hydrogens (tertiary/aromatic N) is 3. The maximum atomic E-state index is 12.8. The number of aryl methyl sites for hydroxylation is 1. The second-order valence-electron chi connectivity index (χ2n) is 12.1. The van der Waals surface area contributed by atoms with Gasteiger partial charge in [0.1, 0.15) is 17.2 Å². The van der Waals surface area contributed by atoms with Crippen molar-refractivity contribution in [3.63, 3.8) is 0 Å². The van der Waals surface area contributed by atoms with E-state index >= 15 is 0 Å². The van der Waals surface area contributed by atoms with Crippen LogP contribution in [0.15, 0.2) is 66.7 Å². The van der Waals surface area contributed by atoms with E-state index in [0.29, 0.717) is 18.8 Å². The number of anilines is 1. The van der Waals surface area contributed by atoms with E-state index in [1.54, 1.807) is 13.1 Å². The summed E-state index contributed by atoms with van der Waals surface area (Å²) in [7, 11) is 1.67. The number of carbonyl (C=O) groups excluding carboxylic acids is 2. The maximum Gasteiger partial charge on any atom is 0.514 e. The van der Waals surface area contributed by atoms with Crippen LogP contribution in [0.25, 0.3) is 22.2 Å². The van der Waals surface area contributed by atoms with Gasteiger partial charge in [0.15, 0.2) is 0 Å². The highest BCUT2D eigenvalue weighted by Gasteiger charge is 2.20. The lowest BCUT2D eigenvalue weighted by atomic mass is 10.0. The Kier molecular flexibility index (Phi) is 11.0. The molecule has 0 saturated carbocycles. The zero-order valence-electron chi connectivity index (χ0n) is 27.0. The van der Waals surface area contributed by atoms with Crippen molar-refractivity contribution >= 4 is 28.9 Å². The molecular weight excluding hydrogens is 552 g/mol. The van der Waals surface area contributed by atoms with Gasteiger partial charge >= 0.3 is 12.2 Å². The number of aromatic nitrogens is 2. The molecule has 3 aromatic carbocycles. The van der Waals surface area contributed by atoms with Crippen LogP contribution in [-0.2, 0) is 17.7 Å². The smallest absolute Gasteiger partial charge is 0.428 e. The summed E-state index contributed by atoms with van der Waals surface area (Å²) in [6.45, 7) is 11.1. The van der Waals surface area contributed by atoms with Gasteiger partial charge in [0.05, 0.1) is 11.0 Å². The number of imidazole rings is 1. The Balaban J connectivity index is 1.64. The molecule has 1 N–H and O–H groups in total. The molecule has 8 nitrogen and oxygen atoms in total. The summed E-state index contributed by atoms with van der Waals surface area (Å²) in [5, 5.41) is 2.80. The first-order valence-electron chi connectivity index (χ1n) is 15.7. The highest BCUT2D eigenvalue weighted by atomic mass is 16.7. The van der Waals surface area contributed by atoms with Crippen molar-refractivity contribution in [3.8, 4) is 16.9 Å². The fraction of sp³-hybridized carbons (Fsp3) is 0.417. The summed E-state index contributed by atoms with van der Waals surface area (Å²) in [5.41, 5.74) is 5.03. The van der Waals surface area contributed by atoms with Gasteiger partial charge in [-0.2, -0.15) is 0 Å². The molecule has 0 aliphatic heterocycles. The zero-order chi connectivity index (χ0) is 31.7. The number of ether oxygens (including phenoxy) is 2. The molecule has 1 aromatic heterocycles. The minimum absolute atomic E-state index is 0.107. The molecule has 1 heterocycles. The molecule has 0 fully saturated rings. The third kappa shape index (κ3) is 8.40. The molecule has 0 bridgehead atoms. The van der Waals surface area contributed by atoms with Crippen LogP contribution in [0.5, 0.6) is 5.75 Å². The maximum absolute atomic E-state index is 12.8. The molecule has 4 aromatic rings. The van der Waals surface area contributed by atoms with Crippen molar-refractivity contribution in [2.75, 3.05) is 18.5 Å². The standard InChI is InChI=1S/C36H46N4O4/c1-7-9-13-23-39(34(41)37-6)28-21-22-30-31(24-28)40(33(38-30)16-10-8-2)25-26-17-19-27(20-18-26)29-14-11-12-15-32(29)43-35(42)44-36(3,4)5/h11-12,14-15,17-22,24H,7-10,13,16,23,25H2,1-6H3,(H,37,41). The van der Waals surface area contributed by atoms with Crippen molar-refractivity contribution in [2.24, 2.45) is 0 Å². The Morgan fingerprint density at radius 2 is 1.66 bits per heavy atom. The Labute approximate surface area is 261 Å². The van der Waals surface area contributed by atoms with Crippen LogP contribution >= 0.6 is 0 Å². The summed E-state index contributed by atoms with van der Waals surface area (Å²) < 4.78 is 13.2. The van der Waals surface area contributed by atoms with E-state index in [-0.39, 0.29) is 6.03 Å². The van der Waals surface area contributed by atoms with Crippen LogP contribution in [0.1, 0.15) is 78.1 Å². The number of para-hydroxylation sites is 1. The molecule has 0 aliphatic carbocycles. The lowest BCUT2D eigenvalue weighted by molar-refractivity contribution is 0.0207. The molecule has 0 radical (unpaired) electrons. The number of hydrogen-bond acceptors (Lipinski definition) is 5. The molecule has 4 rings (SSSR count). The topological polar surface area (TPSA) is 85.7 Å². The van der Waals surface area contributed by atoms with Crippen LogP contribution in [0.3, 0.4) is 0 Å². The van der Waals surface area contributed by atoms with E-state index in [1.165, 1.54) is 0 Å². The Bertz CT molecular complexity index is 1550. The van der Waals surface area contributed by atoms with E-state index < -0.39 is 11.8 Å². The fourth-order valence-electron chi connectivity index (χ4n) is 5.16. The third-order valence-corrected chi connectivity index (χ3v) is 7.40. The van der Waals surface area contributed by atoms with Gasteiger partial charge in [-0.25, -0.2) is 14.6 Å². The first kappa shape index (κ1) is 32.6. The van der Waals surface area contributed by atoms with E-state index in [9.17, 15) is 9.59 Å². The van der Waals surface area contributed by atoms with Gasteiger partial charge in [0.2, 0.25) is 0 Å². The lowest BCUT2D eigenvalue weighted by Crippen LogP contribution is -2.38. The van der Waals surface area contributed by atoms with Crippen molar-refractivity contribution < 1.29 is 19.1 Å². The second-order valence-corrected chi connectivity index (χ2v) is 12.1. The molecule has 0 spiro atoms. The molecule has 2 amide bonds. The molecule has 8 heteroatoms. The molecule has 0 aliphatic rings. The molecular formula is C36H46N4O4. The lowest BCUT2D eigenvalue weighted by Gasteiger charge is -2.22. The van der Waals surface area contributed by atoms with Crippen molar-refractivity contribution in [1.82, 2.24) is 14.9 Å². The van der Waals surface area contributed by atoms with Gasteiger partial charge in [-0.3, -0.25) is 4.90 Å². The fourth-order valence-corrected chi connectivity index (χ4v) is 5.16. The quantitative estimate of drug-likeness (QED) is 0.100. The Morgan fingerprint density at radius 1 is 0.932 bits per heavy atom. The van der Waals surface area contributed by atoms with Gasteiger partial charge in [0.25, 0.3) is 0 Å². The van der Waals surface area contributed by atoms with E-state index in [2.05, 4.69) is 41.9 Å². The van der Waals surface area contributed by atoms with Crippen molar-refractivity contribution in [1.29, 1.82) is 0 Å². The molecule has 234 valence electrons.